The number of Topliss-reactive ketones (excluding diaryl/α,β-unsaturated/α-hetero) is 1. The third-order valence-corrected chi connectivity index (χ3v) is 8.80. The average Bonchev–Trinajstić information content (AvgIpc) is 3.38. The SMILES string of the molecule is Cc1ccccc1Nc1nc2ccc(CC(=O)C3NCCc4cc(C(CC(=O)O)C5CCCCC5)ccc43)cc2o1. The zero-order chi connectivity index (χ0) is 28.3. The molecule has 1 aliphatic carbocycles. The van der Waals surface area contributed by atoms with Crippen LogP contribution in [0.5, 0.6) is 0 Å². The van der Waals surface area contributed by atoms with Gasteiger partial charge in [0, 0.05) is 18.7 Å². The molecule has 1 aromatic heterocycles. The van der Waals surface area contributed by atoms with E-state index in [4.69, 9.17) is 4.42 Å². The Kier molecular flexibility index (Phi) is 7.88. The lowest BCUT2D eigenvalue weighted by Gasteiger charge is -2.32. The van der Waals surface area contributed by atoms with Gasteiger partial charge in [0.2, 0.25) is 0 Å². The van der Waals surface area contributed by atoms with Crippen LogP contribution in [-0.2, 0) is 22.4 Å². The molecule has 2 aliphatic rings. The molecule has 1 fully saturated rings. The summed E-state index contributed by atoms with van der Waals surface area (Å²) < 4.78 is 5.97. The van der Waals surface area contributed by atoms with E-state index < -0.39 is 5.97 Å². The molecule has 3 N–H and O–H groups in total. The molecule has 2 atom stereocenters. The van der Waals surface area contributed by atoms with Gasteiger partial charge in [0.05, 0.1) is 12.5 Å². The number of fused-ring (bicyclic) bond motifs is 2. The van der Waals surface area contributed by atoms with E-state index in [0.29, 0.717) is 17.5 Å². The number of carboxylic acid groups (broad SMARTS) is 1. The van der Waals surface area contributed by atoms with Crippen LogP contribution in [-0.4, -0.2) is 28.4 Å². The van der Waals surface area contributed by atoms with E-state index in [0.717, 1.165) is 64.8 Å². The van der Waals surface area contributed by atoms with Gasteiger partial charge in [0.25, 0.3) is 6.01 Å². The van der Waals surface area contributed by atoms with Crippen molar-refractivity contribution in [3.8, 4) is 0 Å². The number of aliphatic carboxylic acids is 1. The first-order chi connectivity index (χ1) is 19.9. The van der Waals surface area contributed by atoms with Crippen molar-refractivity contribution < 1.29 is 19.1 Å². The molecule has 41 heavy (non-hydrogen) atoms. The number of hydrogen-bond acceptors (Lipinski definition) is 6. The topological polar surface area (TPSA) is 104 Å². The lowest BCUT2D eigenvalue weighted by Crippen LogP contribution is -2.36. The predicted molar refractivity (Wildman–Crippen MR) is 160 cm³/mol. The number of ketones is 1. The molecular formula is C34H37N3O4. The summed E-state index contributed by atoms with van der Waals surface area (Å²) in [4.78, 5) is 29.9. The molecule has 2 unspecified atom stereocenters. The molecule has 0 saturated heterocycles. The molecule has 1 saturated carbocycles. The molecule has 7 heteroatoms. The molecule has 4 aromatic rings. The Morgan fingerprint density at radius 1 is 1.07 bits per heavy atom. The Morgan fingerprint density at radius 3 is 2.71 bits per heavy atom. The van der Waals surface area contributed by atoms with Gasteiger partial charge in [-0.3, -0.25) is 9.59 Å². The maximum Gasteiger partial charge on any atom is 0.303 e. The first kappa shape index (κ1) is 27.2. The van der Waals surface area contributed by atoms with Gasteiger partial charge in [-0.25, -0.2) is 0 Å². The number of para-hydroxylation sites is 1. The van der Waals surface area contributed by atoms with Crippen molar-refractivity contribution in [2.45, 2.75) is 70.3 Å². The molecule has 0 spiro atoms. The second kappa shape index (κ2) is 11.9. The highest BCUT2D eigenvalue weighted by atomic mass is 16.4. The number of carbonyl (C=O) groups is 2. The Bertz CT molecular complexity index is 1570. The fourth-order valence-corrected chi connectivity index (χ4v) is 6.65. The van der Waals surface area contributed by atoms with Gasteiger partial charge in [-0.1, -0.05) is 61.7 Å². The van der Waals surface area contributed by atoms with Crippen molar-refractivity contribution in [2.24, 2.45) is 5.92 Å². The summed E-state index contributed by atoms with van der Waals surface area (Å²) in [6, 6.07) is 20.0. The van der Waals surface area contributed by atoms with E-state index >= 15 is 0 Å². The number of benzene rings is 3. The van der Waals surface area contributed by atoms with Crippen LogP contribution in [0.4, 0.5) is 11.7 Å². The van der Waals surface area contributed by atoms with E-state index in [-0.39, 0.29) is 30.6 Å². The average molecular weight is 552 g/mol. The number of nitrogens with zero attached hydrogens (tertiary/aromatic N) is 1. The summed E-state index contributed by atoms with van der Waals surface area (Å²) in [5.74, 6) is -0.198. The van der Waals surface area contributed by atoms with Gasteiger partial charge < -0.3 is 20.2 Å². The largest absolute Gasteiger partial charge is 0.481 e. The highest BCUT2D eigenvalue weighted by Crippen LogP contribution is 2.40. The zero-order valence-electron chi connectivity index (χ0n) is 23.5. The lowest BCUT2D eigenvalue weighted by molar-refractivity contribution is -0.137. The van der Waals surface area contributed by atoms with Crippen molar-refractivity contribution in [3.63, 3.8) is 0 Å². The summed E-state index contributed by atoms with van der Waals surface area (Å²) in [5.41, 5.74) is 7.56. The fraction of sp³-hybridized carbons (Fsp3) is 0.382. The van der Waals surface area contributed by atoms with Crippen molar-refractivity contribution >= 4 is 34.6 Å². The van der Waals surface area contributed by atoms with Crippen molar-refractivity contribution in [2.75, 3.05) is 11.9 Å². The smallest absolute Gasteiger partial charge is 0.303 e. The van der Waals surface area contributed by atoms with Gasteiger partial charge in [-0.05, 0) is 84.0 Å². The Hall–Kier alpha value is -3.97. The second-order valence-corrected chi connectivity index (χ2v) is 11.6. The number of oxazole rings is 1. The molecule has 7 nitrogen and oxygen atoms in total. The lowest BCUT2D eigenvalue weighted by atomic mass is 9.74. The molecule has 6 rings (SSSR count). The van der Waals surface area contributed by atoms with Crippen molar-refractivity contribution in [1.29, 1.82) is 0 Å². The number of anilines is 2. The van der Waals surface area contributed by atoms with Crippen LogP contribution >= 0.6 is 0 Å². The van der Waals surface area contributed by atoms with E-state index in [9.17, 15) is 14.7 Å². The van der Waals surface area contributed by atoms with E-state index in [1.54, 1.807) is 0 Å². The third-order valence-electron chi connectivity index (χ3n) is 8.80. The number of hydrogen-bond donors (Lipinski definition) is 3. The quantitative estimate of drug-likeness (QED) is 0.205. The van der Waals surface area contributed by atoms with Crippen LogP contribution in [0.25, 0.3) is 11.1 Å². The maximum absolute atomic E-state index is 13.6. The van der Waals surface area contributed by atoms with E-state index in [1.165, 1.54) is 19.3 Å². The molecule has 212 valence electrons. The standard InChI is InChI=1S/C34H37N3O4/c1-21-7-5-6-10-28(21)36-34-37-29-14-11-22(18-31(29)41-34)17-30(38)33-26-13-12-24(19-25(26)15-16-35-33)27(20-32(39)40)23-8-3-2-4-9-23/h5-7,10-14,18-19,23,27,33,35H,2-4,8-9,15-17,20H2,1H3,(H,36,37)(H,39,40). The number of aromatic nitrogens is 1. The van der Waals surface area contributed by atoms with Gasteiger partial charge in [-0.15, -0.1) is 0 Å². The monoisotopic (exact) mass is 551 g/mol. The van der Waals surface area contributed by atoms with Gasteiger partial charge >= 0.3 is 5.97 Å². The summed E-state index contributed by atoms with van der Waals surface area (Å²) in [6.07, 6.45) is 7.06. The summed E-state index contributed by atoms with van der Waals surface area (Å²) >= 11 is 0. The maximum atomic E-state index is 13.6. The summed E-state index contributed by atoms with van der Waals surface area (Å²) in [5, 5.41) is 16.3. The van der Waals surface area contributed by atoms with Crippen LogP contribution in [0.3, 0.4) is 0 Å². The van der Waals surface area contributed by atoms with Crippen LogP contribution < -0.4 is 10.6 Å². The second-order valence-electron chi connectivity index (χ2n) is 11.6. The van der Waals surface area contributed by atoms with Gasteiger partial charge in [0.1, 0.15) is 5.52 Å². The Morgan fingerprint density at radius 2 is 1.90 bits per heavy atom. The molecular weight excluding hydrogens is 514 g/mol. The minimum Gasteiger partial charge on any atom is -0.481 e. The summed E-state index contributed by atoms with van der Waals surface area (Å²) in [7, 11) is 0. The molecule has 2 heterocycles. The van der Waals surface area contributed by atoms with Crippen LogP contribution in [0.15, 0.2) is 65.1 Å². The Balaban J connectivity index is 1.19. The van der Waals surface area contributed by atoms with Gasteiger partial charge in [0.15, 0.2) is 11.4 Å². The molecule has 0 radical (unpaired) electrons. The molecule has 3 aromatic carbocycles. The first-order valence-corrected chi connectivity index (χ1v) is 14.8. The van der Waals surface area contributed by atoms with Crippen LogP contribution in [0, 0.1) is 12.8 Å². The van der Waals surface area contributed by atoms with E-state index in [1.807, 2.05) is 49.4 Å². The zero-order valence-corrected chi connectivity index (χ0v) is 23.5. The van der Waals surface area contributed by atoms with Crippen molar-refractivity contribution in [1.82, 2.24) is 10.3 Å². The Labute approximate surface area is 240 Å². The van der Waals surface area contributed by atoms with Crippen molar-refractivity contribution in [3.05, 3.63) is 88.5 Å². The van der Waals surface area contributed by atoms with E-state index in [2.05, 4.69) is 33.8 Å². The summed E-state index contributed by atoms with van der Waals surface area (Å²) in [6.45, 7) is 2.74. The van der Waals surface area contributed by atoms with Gasteiger partial charge in [-0.2, -0.15) is 4.98 Å². The van der Waals surface area contributed by atoms with Crippen LogP contribution in [0.1, 0.15) is 78.3 Å². The third kappa shape index (κ3) is 6.05. The predicted octanol–water partition coefficient (Wildman–Crippen LogP) is 7.02. The molecule has 1 aliphatic heterocycles. The number of carboxylic acids is 1. The molecule has 0 amide bonds. The minimum atomic E-state index is -0.741. The number of rotatable bonds is 9. The molecule has 0 bridgehead atoms. The highest BCUT2D eigenvalue weighted by molar-refractivity contribution is 5.89. The minimum absolute atomic E-state index is 0.0287. The highest BCUT2D eigenvalue weighted by Gasteiger charge is 2.30. The number of nitrogens with one attached hydrogen (secondary N) is 2. The normalized spacial score (nSPS) is 18.1. The number of carbonyl (C=O) groups excluding carboxylic acids is 1. The fourth-order valence-electron chi connectivity index (χ4n) is 6.65. The first-order valence-electron chi connectivity index (χ1n) is 14.8. The number of aryl methyl sites for hydroxylation is 1. The van der Waals surface area contributed by atoms with Crippen LogP contribution in [0.2, 0.25) is 0 Å².